The zero-order valence-corrected chi connectivity index (χ0v) is 11.0. The van der Waals surface area contributed by atoms with E-state index in [1.165, 1.54) is 23.5 Å². The Hall–Kier alpha value is -1.99. The Balaban J connectivity index is 2.08. The molecule has 0 bridgehead atoms. The maximum atomic E-state index is 11.6. The molecule has 0 atom stereocenters. The van der Waals surface area contributed by atoms with Gasteiger partial charge >= 0.3 is 0 Å². The molecule has 3 aromatic heterocycles. The SMILES string of the molecule is O=c1ccc(=O)n(Cc2nc(Cl)c3ccsc3n2)[nH]1. The van der Waals surface area contributed by atoms with Crippen LogP contribution in [0.15, 0.2) is 33.2 Å². The minimum atomic E-state index is -0.358. The fourth-order valence-corrected chi connectivity index (χ4v) is 2.74. The minimum Gasteiger partial charge on any atom is -0.268 e. The number of nitrogens with one attached hydrogen (secondary N) is 1. The van der Waals surface area contributed by atoms with Crippen molar-refractivity contribution in [1.82, 2.24) is 19.7 Å². The summed E-state index contributed by atoms with van der Waals surface area (Å²) in [5, 5.41) is 5.40. The van der Waals surface area contributed by atoms with Crippen LogP contribution in [0.1, 0.15) is 5.82 Å². The molecule has 0 saturated carbocycles. The van der Waals surface area contributed by atoms with E-state index >= 15 is 0 Å². The van der Waals surface area contributed by atoms with Crippen LogP contribution < -0.4 is 11.1 Å². The van der Waals surface area contributed by atoms with E-state index in [-0.39, 0.29) is 17.7 Å². The molecule has 0 aliphatic rings. The van der Waals surface area contributed by atoms with Crippen LogP contribution in [0.4, 0.5) is 0 Å². The van der Waals surface area contributed by atoms with Crippen LogP contribution >= 0.6 is 22.9 Å². The smallest absolute Gasteiger partial charge is 0.265 e. The molecule has 3 aromatic rings. The van der Waals surface area contributed by atoms with Gasteiger partial charge in [-0.1, -0.05) is 11.6 Å². The number of aromatic nitrogens is 4. The molecular weight excluding hydrogens is 288 g/mol. The van der Waals surface area contributed by atoms with Crippen molar-refractivity contribution in [1.29, 1.82) is 0 Å². The highest BCUT2D eigenvalue weighted by molar-refractivity contribution is 7.16. The molecular formula is C11H7ClN4O2S. The Morgan fingerprint density at radius 1 is 1.26 bits per heavy atom. The Labute approximate surface area is 115 Å². The van der Waals surface area contributed by atoms with Crippen molar-refractivity contribution in [3.8, 4) is 0 Å². The molecule has 0 saturated heterocycles. The van der Waals surface area contributed by atoms with Crippen LogP contribution in [0.2, 0.25) is 5.15 Å². The molecule has 0 fully saturated rings. The normalized spacial score (nSPS) is 11.0. The van der Waals surface area contributed by atoms with Crippen molar-refractivity contribution in [3.63, 3.8) is 0 Å². The average Bonchev–Trinajstić information content (AvgIpc) is 2.82. The summed E-state index contributed by atoms with van der Waals surface area (Å²) >= 11 is 7.48. The van der Waals surface area contributed by atoms with E-state index in [0.29, 0.717) is 11.0 Å². The van der Waals surface area contributed by atoms with Gasteiger partial charge in [0, 0.05) is 17.5 Å². The third-order valence-electron chi connectivity index (χ3n) is 2.51. The summed E-state index contributed by atoms with van der Waals surface area (Å²) in [6.07, 6.45) is 0. The molecule has 3 heterocycles. The lowest BCUT2D eigenvalue weighted by Gasteiger charge is -2.04. The third kappa shape index (κ3) is 2.29. The summed E-state index contributed by atoms with van der Waals surface area (Å²) in [4.78, 5) is 31.9. The Morgan fingerprint density at radius 3 is 2.95 bits per heavy atom. The van der Waals surface area contributed by atoms with E-state index in [4.69, 9.17) is 11.6 Å². The molecule has 8 heteroatoms. The maximum absolute atomic E-state index is 11.6. The number of hydrogen-bond acceptors (Lipinski definition) is 5. The van der Waals surface area contributed by atoms with E-state index in [2.05, 4.69) is 15.1 Å². The predicted octanol–water partition coefficient (Wildman–Crippen LogP) is 1.24. The Kier molecular flexibility index (Phi) is 2.92. The zero-order valence-electron chi connectivity index (χ0n) is 9.46. The van der Waals surface area contributed by atoms with E-state index in [1.54, 1.807) is 0 Å². The first-order valence-electron chi connectivity index (χ1n) is 5.33. The number of thiophene rings is 1. The molecule has 0 aliphatic heterocycles. The van der Waals surface area contributed by atoms with Crippen LogP contribution in [-0.2, 0) is 6.54 Å². The van der Waals surface area contributed by atoms with E-state index in [0.717, 1.165) is 14.9 Å². The quantitative estimate of drug-likeness (QED) is 0.721. The minimum absolute atomic E-state index is 0.0719. The van der Waals surface area contributed by atoms with Gasteiger partial charge in [-0.2, -0.15) is 0 Å². The van der Waals surface area contributed by atoms with E-state index in [9.17, 15) is 9.59 Å². The van der Waals surface area contributed by atoms with Gasteiger partial charge in [0.05, 0.1) is 0 Å². The van der Waals surface area contributed by atoms with Gasteiger partial charge < -0.3 is 0 Å². The molecule has 0 spiro atoms. The summed E-state index contributed by atoms with van der Waals surface area (Å²) in [5.74, 6) is 0.379. The average molecular weight is 295 g/mol. The number of fused-ring (bicyclic) bond motifs is 1. The fourth-order valence-electron chi connectivity index (χ4n) is 1.65. The summed E-state index contributed by atoms with van der Waals surface area (Å²) in [7, 11) is 0. The first-order chi connectivity index (χ1) is 9.13. The molecule has 0 aliphatic carbocycles. The lowest BCUT2D eigenvalue weighted by molar-refractivity contribution is 0.606. The highest BCUT2D eigenvalue weighted by Crippen LogP contribution is 2.24. The van der Waals surface area contributed by atoms with Gasteiger partial charge in [-0.25, -0.2) is 14.6 Å². The Bertz CT molecular complexity index is 867. The molecule has 0 radical (unpaired) electrons. The van der Waals surface area contributed by atoms with Crippen LogP contribution in [0.25, 0.3) is 10.2 Å². The summed E-state index contributed by atoms with van der Waals surface area (Å²) in [6.45, 7) is 0.0719. The van der Waals surface area contributed by atoms with Crippen molar-refractivity contribution in [2.24, 2.45) is 0 Å². The van der Waals surface area contributed by atoms with Crippen molar-refractivity contribution >= 4 is 33.2 Å². The maximum Gasteiger partial charge on any atom is 0.265 e. The van der Waals surface area contributed by atoms with Crippen LogP contribution in [0, 0.1) is 0 Å². The third-order valence-corrected chi connectivity index (χ3v) is 3.61. The first kappa shape index (κ1) is 12.1. The van der Waals surface area contributed by atoms with Crippen molar-refractivity contribution in [2.45, 2.75) is 6.54 Å². The molecule has 0 aromatic carbocycles. The number of rotatable bonds is 2. The molecule has 19 heavy (non-hydrogen) atoms. The highest BCUT2D eigenvalue weighted by atomic mass is 35.5. The Morgan fingerprint density at radius 2 is 2.11 bits per heavy atom. The van der Waals surface area contributed by atoms with E-state index in [1.807, 2.05) is 11.4 Å². The van der Waals surface area contributed by atoms with Crippen LogP contribution in [0.3, 0.4) is 0 Å². The van der Waals surface area contributed by atoms with Gasteiger partial charge in [0.2, 0.25) is 0 Å². The van der Waals surface area contributed by atoms with Crippen molar-refractivity contribution < 1.29 is 0 Å². The fraction of sp³-hybridized carbons (Fsp3) is 0.0909. The summed E-state index contributed by atoms with van der Waals surface area (Å²) in [6, 6.07) is 4.21. The zero-order chi connectivity index (χ0) is 13.4. The van der Waals surface area contributed by atoms with Gasteiger partial charge in [-0.15, -0.1) is 11.3 Å². The van der Waals surface area contributed by atoms with Gasteiger partial charge in [0.15, 0.2) is 5.82 Å². The van der Waals surface area contributed by atoms with Crippen molar-refractivity contribution in [2.75, 3.05) is 0 Å². The molecule has 0 amide bonds. The molecule has 0 unspecified atom stereocenters. The second-order valence-electron chi connectivity index (χ2n) is 3.80. The van der Waals surface area contributed by atoms with E-state index < -0.39 is 0 Å². The summed E-state index contributed by atoms with van der Waals surface area (Å²) in [5.41, 5.74) is -0.687. The van der Waals surface area contributed by atoms with Crippen molar-refractivity contribution in [3.05, 3.63) is 55.3 Å². The standard InChI is InChI=1S/C11H7ClN4O2S/c12-10-6-3-4-19-11(6)14-7(13-10)5-16-9(18)2-1-8(17)15-16/h1-4H,5H2,(H,15,17). The summed E-state index contributed by atoms with van der Waals surface area (Å²) < 4.78 is 1.15. The van der Waals surface area contributed by atoms with Gasteiger partial charge in [-0.3, -0.25) is 14.7 Å². The first-order valence-corrected chi connectivity index (χ1v) is 6.59. The number of halogens is 1. The molecule has 1 N–H and O–H groups in total. The lowest BCUT2D eigenvalue weighted by Crippen LogP contribution is -2.28. The number of aromatic amines is 1. The largest absolute Gasteiger partial charge is 0.268 e. The van der Waals surface area contributed by atoms with Crippen LogP contribution in [0.5, 0.6) is 0 Å². The molecule has 6 nitrogen and oxygen atoms in total. The lowest BCUT2D eigenvalue weighted by atomic mass is 10.4. The second-order valence-corrected chi connectivity index (χ2v) is 5.06. The predicted molar refractivity (Wildman–Crippen MR) is 72.8 cm³/mol. The van der Waals surface area contributed by atoms with Gasteiger partial charge in [0.25, 0.3) is 11.1 Å². The van der Waals surface area contributed by atoms with Crippen LogP contribution in [-0.4, -0.2) is 19.7 Å². The number of nitrogens with zero attached hydrogens (tertiary/aromatic N) is 3. The van der Waals surface area contributed by atoms with Gasteiger partial charge in [0.1, 0.15) is 16.5 Å². The van der Waals surface area contributed by atoms with Gasteiger partial charge in [-0.05, 0) is 11.4 Å². The second kappa shape index (κ2) is 4.60. The molecule has 3 rings (SSSR count). The monoisotopic (exact) mass is 294 g/mol. The number of H-pyrrole nitrogens is 1. The topological polar surface area (TPSA) is 80.6 Å². The number of hydrogen-bond donors (Lipinski definition) is 1. The highest BCUT2D eigenvalue weighted by Gasteiger charge is 2.08. The molecule has 96 valence electrons.